The minimum Gasteiger partial charge on any atom is -0.478 e. The molecular weight excluding hydrogens is 406 g/mol. The third-order valence-corrected chi connectivity index (χ3v) is 3.79. The average Bonchev–Trinajstić information content (AvgIpc) is 3.05. The van der Waals surface area contributed by atoms with Crippen molar-refractivity contribution >= 4 is 46.4 Å². The number of rotatable bonds is 8. The van der Waals surface area contributed by atoms with Crippen molar-refractivity contribution in [2.45, 2.75) is 20.0 Å². The molecule has 1 aromatic carbocycles. The van der Waals surface area contributed by atoms with E-state index in [1.807, 2.05) is 0 Å². The number of nitrogen functional groups attached to an aromatic ring is 1. The van der Waals surface area contributed by atoms with Gasteiger partial charge in [-0.3, -0.25) is 14.4 Å². The molecule has 12 heteroatoms. The van der Waals surface area contributed by atoms with Crippen molar-refractivity contribution in [1.29, 1.82) is 0 Å². The van der Waals surface area contributed by atoms with Gasteiger partial charge in [-0.1, -0.05) is 11.2 Å². The molecule has 2 aromatic rings. The Morgan fingerprint density at radius 1 is 1.21 bits per heavy atom. The normalized spacial score (nSPS) is 12.0. The van der Waals surface area contributed by atoms with Gasteiger partial charge in [-0.2, -0.15) is 0 Å². The minimum absolute atomic E-state index is 0.00329. The maximum absolute atomic E-state index is 11.6. The van der Waals surface area contributed by atoms with E-state index in [2.05, 4.69) is 10.1 Å². The number of oxime groups is 1. The number of benzene rings is 1. The highest BCUT2D eigenvalue weighted by atomic mass is 32.1. The van der Waals surface area contributed by atoms with Gasteiger partial charge in [-0.15, -0.1) is 11.3 Å². The second-order valence-electron chi connectivity index (χ2n) is 5.33. The number of hydrogen-bond acceptors (Lipinski definition) is 11. The third kappa shape index (κ3) is 5.84. The Labute approximate surface area is 167 Å². The molecule has 1 unspecified atom stereocenters. The van der Waals surface area contributed by atoms with Crippen LogP contribution in [0.25, 0.3) is 0 Å². The van der Waals surface area contributed by atoms with Gasteiger partial charge in [0.05, 0.1) is 0 Å². The van der Waals surface area contributed by atoms with Gasteiger partial charge in [0.1, 0.15) is 5.69 Å². The maximum Gasteiger partial charge on any atom is 0.352 e. The fourth-order valence-corrected chi connectivity index (χ4v) is 2.58. The van der Waals surface area contributed by atoms with E-state index in [1.165, 1.54) is 23.8 Å². The largest absolute Gasteiger partial charge is 0.478 e. The molecule has 1 radical (unpaired) electrons. The number of aliphatic carboxylic acids is 1. The topological polar surface area (TPSA) is 167 Å². The van der Waals surface area contributed by atoms with Crippen LogP contribution < -0.4 is 15.2 Å². The number of carbonyl (C=O) groups is 3. The Balaban J connectivity index is 2.37. The predicted octanol–water partition coefficient (Wildman–Crippen LogP) is 1.23. The molecule has 0 aliphatic carbocycles. The van der Waals surface area contributed by atoms with Crippen LogP contribution in [0.5, 0.6) is 11.5 Å². The van der Waals surface area contributed by atoms with Crippen LogP contribution in [0.2, 0.25) is 0 Å². The second kappa shape index (κ2) is 9.41. The molecule has 0 bridgehead atoms. The van der Waals surface area contributed by atoms with Gasteiger partial charge < -0.3 is 25.2 Å². The standard InChI is InChI=1S/C17H14N3O8S/c1-8(22)26-13-4-3-10(5-14(13)27-9(2)23)15(16(24)25)28-20-11(6-21)12-7-29-17(18)19-12/h3-5,7,15H,1-2H3,(H2,18,19)(H,24,25)/b20-11-. The summed E-state index contributed by atoms with van der Waals surface area (Å²) in [5.41, 5.74) is 5.16. The van der Waals surface area contributed by atoms with Gasteiger partial charge in [0, 0.05) is 24.8 Å². The van der Waals surface area contributed by atoms with Crippen molar-refractivity contribution in [2.75, 3.05) is 5.73 Å². The SMILES string of the molecule is CC(=O)Oc1ccc(C(O/N=C(/[C]=O)c2csc(N)n2)C(=O)O)cc1OC(C)=O. The van der Waals surface area contributed by atoms with E-state index in [9.17, 15) is 24.3 Å². The Bertz CT molecular complexity index is 985. The molecule has 0 aliphatic rings. The number of nitrogens with zero attached hydrogens (tertiary/aromatic N) is 2. The van der Waals surface area contributed by atoms with Crippen LogP contribution in [0.4, 0.5) is 5.13 Å². The third-order valence-electron chi connectivity index (χ3n) is 3.11. The zero-order valence-electron chi connectivity index (χ0n) is 15.1. The zero-order valence-corrected chi connectivity index (χ0v) is 15.9. The van der Waals surface area contributed by atoms with E-state index in [4.69, 9.17) is 20.0 Å². The van der Waals surface area contributed by atoms with Gasteiger partial charge in [-0.25, -0.2) is 9.78 Å². The first-order valence-corrected chi connectivity index (χ1v) is 8.66. The zero-order chi connectivity index (χ0) is 21.6. The molecule has 0 saturated carbocycles. The molecule has 0 fully saturated rings. The van der Waals surface area contributed by atoms with Crippen LogP contribution in [0, 0.1) is 0 Å². The molecule has 0 amide bonds. The minimum atomic E-state index is -1.69. The van der Waals surface area contributed by atoms with Crippen molar-refractivity contribution in [2.24, 2.45) is 5.16 Å². The summed E-state index contributed by atoms with van der Waals surface area (Å²) in [6.45, 7) is 2.26. The highest BCUT2D eigenvalue weighted by molar-refractivity contribution is 7.13. The molecule has 1 aromatic heterocycles. The second-order valence-corrected chi connectivity index (χ2v) is 6.22. The summed E-state index contributed by atoms with van der Waals surface area (Å²) in [6.07, 6.45) is -0.196. The van der Waals surface area contributed by atoms with Crippen LogP contribution in [-0.4, -0.2) is 40.0 Å². The van der Waals surface area contributed by atoms with E-state index in [-0.39, 0.29) is 33.6 Å². The highest BCUT2D eigenvalue weighted by Gasteiger charge is 2.25. The van der Waals surface area contributed by atoms with Crippen LogP contribution in [0.3, 0.4) is 0 Å². The first kappa shape index (κ1) is 21.5. The monoisotopic (exact) mass is 420 g/mol. The van der Waals surface area contributed by atoms with Gasteiger partial charge in [0.2, 0.25) is 6.10 Å². The van der Waals surface area contributed by atoms with Gasteiger partial charge in [0.15, 0.2) is 22.3 Å². The predicted molar refractivity (Wildman–Crippen MR) is 99.3 cm³/mol. The maximum atomic E-state index is 11.6. The summed E-state index contributed by atoms with van der Waals surface area (Å²) in [5.74, 6) is -3.14. The van der Waals surface area contributed by atoms with Gasteiger partial charge >= 0.3 is 17.9 Å². The number of anilines is 1. The summed E-state index contributed by atoms with van der Waals surface area (Å²) >= 11 is 1.04. The molecule has 3 N–H and O–H groups in total. The van der Waals surface area contributed by atoms with Crippen molar-refractivity contribution in [1.82, 2.24) is 4.98 Å². The summed E-state index contributed by atoms with van der Waals surface area (Å²) in [7, 11) is 0. The Morgan fingerprint density at radius 2 is 1.86 bits per heavy atom. The molecule has 0 aliphatic heterocycles. The molecule has 29 heavy (non-hydrogen) atoms. The number of nitrogens with two attached hydrogens (primary N) is 1. The summed E-state index contributed by atoms with van der Waals surface area (Å²) in [5, 5.41) is 14.5. The molecular formula is C17H14N3O8S. The van der Waals surface area contributed by atoms with Crippen molar-refractivity contribution in [3.05, 3.63) is 34.8 Å². The lowest BCUT2D eigenvalue weighted by atomic mass is 10.1. The average molecular weight is 420 g/mol. The fraction of sp³-hybridized carbons (Fsp3) is 0.176. The number of thiazole rings is 1. The number of carbonyl (C=O) groups excluding carboxylic acids is 3. The summed E-state index contributed by atoms with van der Waals surface area (Å²) < 4.78 is 9.87. The van der Waals surface area contributed by atoms with Crippen LogP contribution in [0.1, 0.15) is 31.2 Å². The van der Waals surface area contributed by atoms with Crippen molar-refractivity contribution in [3.63, 3.8) is 0 Å². The van der Waals surface area contributed by atoms with Gasteiger partial charge in [-0.05, 0) is 12.1 Å². The molecule has 0 saturated heterocycles. The smallest absolute Gasteiger partial charge is 0.352 e. The van der Waals surface area contributed by atoms with Crippen LogP contribution in [0.15, 0.2) is 28.7 Å². The number of hydrogen-bond donors (Lipinski definition) is 2. The lowest BCUT2D eigenvalue weighted by Gasteiger charge is -2.14. The Kier molecular flexibility index (Phi) is 6.98. The quantitative estimate of drug-likeness (QED) is 0.274. The van der Waals surface area contributed by atoms with E-state index in [1.54, 1.807) is 0 Å². The highest BCUT2D eigenvalue weighted by Crippen LogP contribution is 2.32. The first-order valence-electron chi connectivity index (χ1n) is 7.78. The van der Waals surface area contributed by atoms with Crippen LogP contribution in [-0.2, 0) is 24.0 Å². The number of carboxylic acids is 1. The molecule has 11 nitrogen and oxygen atoms in total. The van der Waals surface area contributed by atoms with Crippen molar-refractivity contribution < 1.29 is 38.6 Å². The summed E-state index contributed by atoms with van der Waals surface area (Å²) in [4.78, 5) is 54.0. The van der Waals surface area contributed by atoms with Gasteiger partial charge in [0.25, 0.3) is 6.29 Å². The Morgan fingerprint density at radius 3 is 2.38 bits per heavy atom. The fourth-order valence-electron chi connectivity index (χ4n) is 2.03. The number of ether oxygens (including phenoxy) is 2. The van der Waals surface area contributed by atoms with Crippen LogP contribution >= 0.6 is 11.3 Å². The molecule has 0 spiro atoms. The molecule has 1 heterocycles. The summed E-state index contributed by atoms with van der Waals surface area (Å²) in [6, 6.07) is 3.63. The molecule has 151 valence electrons. The van der Waals surface area contributed by atoms with E-state index >= 15 is 0 Å². The Hall–Kier alpha value is -3.80. The van der Waals surface area contributed by atoms with E-state index in [0.29, 0.717) is 0 Å². The molecule has 2 rings (SSSR count). The lowest BCUT2D eigenvalue weighted by molar-refractivity contribution is -0.150. The van der Waals surface area contributed by atoms with Crippen molar-refractivity contribution in [3.8, 4) is 11.5 Å². The number of carboxylic acid groups (broad SMARTS) is 1. The molecule has 1 atom stereocenters. The number of esters is 2. The first-order chi connectivity index (χ1) is 13.7. The van der Waals surface area contributed by atoms with E-state index < -0.39 is 24.0 Å². The van der Waals surface area contributed by atoms with E-state index in [0.717, 1.165) is 31.3 Å². The number of aromatic nitrogens is 1. The lowest BCUT2D eigenvalue weighted by Crippen LogP contribution is -2.16.